The molecule has 1 aromatic rings. The van der Waals surface area contributed by atoms with Crippen LogP contribution in [-0.4, -0.2) is 35.6 Å². The van der Waals surface area contributed by atoms with Crippen LogP contribution < -0.4 is 0 Å². The molecule has 21 heavy (non-hydrogen) atoms. The standard InChI is InChI=1S/C18H23NO2/c1-3-19(13-15-6-4-7-15)18(21)17-10-9-14(2)16(12-17)8-5-11-20/h9-10,12,15,20H,3-4,6-7,11,13H2,1-2H3. The van der Waals surface area contributed by atoms with Gasteiger partial charge in [-0.15, -0.1) is 0 Å². The minimum Gasteiger partial charge on any atom is -0.384 e. The Morgan fingerprint density at radius 3 is 2.76 bits per heavy atom. The fraction of sp³-hybridized carbons (Fsp3) is 0.500. The molecule has 0 saturated heterocycles. The monoisotopic (exact) mass is 285 g/mol. The van der Waals surface area contributed by atoms with Crippen LogP contribution in [0.1, 0.15) is 47.7 Å². The summed E-state index contributed by atoms with van der Waals surface area (Å²) in [6.45, 7) is 5.42. The van der Waals surface area contributed by atoms with E-state index in [0.717, 1.165) is 24.2 Å². The van der Waals surface area contributed by atoms with Crippen LogP contribution in [0.3, 0.4) is 0 Å². The third-order valence-electron chi connectivity index (χ3n) is 4.16. The topological polar surface area (TPSA) is 40.5 Å². The molecular formula is C18H23NO2. The third kappa shape index (κ3) is 3.86. The summed E-state index contributed by atoms with van der Waals surface area (Å²) in [6, 6.07) is 5.63. The van der Waals surface area contributed by atoms with Crippen molar-refractivity contribution in [2.45, 2.75) is 33.1 Å². The van der Waals surface area contributed by atoms with Crippen molar-refractivity contribution in [2.24, 2.45) is 5.92 Å². The molecule has 0 unspecified atom stereocenters. The molecular weight excluding hydrogens is 262 g/mol. The van der Waals surface area contributed by atoms with Gasteiger partial charge in [-0.1, -0.05) is 24.3 Å². The number of carbonyl (C=O) groups excluding carboxylic acids is 1. The average molecular weight is 285 g/mol. The zero-order valence-electron chi connectivity index (χ0n) is 12.9. The van der Waals surface area contributed by atoms with Crippen molar-refractivity contribution >= 4 is 5.91 Å². The lowest BCUT2D eigenvalue weighted by Gasteiger charge is -2.32. The van der Waals surface area contributed by atoms with Crippen LogP contribution in [0.15, 0.2) is 18.2 Å². The molecule has 1 aliphatic carbocycles. The minimum atomic E-state index is -0.166. The van der Waals surface area contributed by atoms with E-state index in [-0.39, 0.29) is 12.5 Å². The van der Waals surface area contributed by atoms with Crippen molar-refractivity contribution in [3.8, 4) is 11.8 Å². The maximum atomic E-state index is 12.6. The minimum absolute atomic E-state index is 0.0800. The van der Waals surface area contributed by atoms with Crippen LogP contribution in [0.5, 0.6) is 0 Å². The van der Waals surface area contributed by atoms with Crippen LogP contribution >= 0.6 is 0 Å². The highest BCUT2D eigenvalue weighted by atomic mass is 16.2. The summed E-state index contributed by atoms with van der Waals surface area (Å²) < 4.78 is 0. The SMILES string of the molecule is CCN(CC1CCC1)C(=O)c1ccc(C)c(C#CCO)c1. The van der Waals surface area contributed by atoms with E-state index >= 15 is 0 Å². The molecule has 0 radical (unpaired) electrons. The molecule has 1 N–H and O–H groups in total. The van der Waals surface area contributed by atoms with Gasteiger partial charge in [-0.25, -0.2) is 0 Å². The molecule has 1 aliphatic rings. The van der Waals surface area contributed by atoms with Gasteiger partial charge in [0.15, 0.2) is 0 Å². The molecule has 3 heteroatoms. The Hall–Kier alpha value is -1.79. The van der Waals surface area contributed by atoms with Gasteiger partial charge in [-0.2, -0.15) is 0 Å². The van der Waals surface area contributed by atoms with Crippen molar-refractivity contribution < 1.29 is 9.90 Å². The molecule has 0 heterocycles. The van der Waals surface area contributed by atoms with E-state index < -0.39 is 0 Å². The molecule has 1 saturated carbocycles. The Bertz CT molecular complexity index is 564. The lowest BCUT2D eigenvalue weighted by atomic mass is 9.85. The largest absolute Gasteiger partial charge is 0.384 e. The molecule has 0 bridgehead atoms. The van der Waals surface area contributed by atoms with Gasteiger partial charge in [-0.05, 0) is 50.3 Å². The summed E-state index contributed by atoms with van der Waals surface area (Å²) in [5.74, 6) is 6.31. The molecule has 1 aromatic carbocycles. The van der Waals surface area contributed by atoms with Gasteiger partial charge in [0.2, 0.25) is 0 Å². The Morgan fingerprint density at radius 1 is 1.43 bits per heavy atom. The Balaban J connectivity index is 2.16. The number of benzene rings is 1. The summed E-state index contributed by atoms with van der Waals surface area (Å²) in [5, 5.41) is 8.81. The number of hydrogen-bond acceptors (Lipinski definition) is 2. The van der Waals surface area contributed by atoms with Crippen LogP contribution in [-0.2, 0) is 0 Å². The fourth-order valence-corrected chi connectivity index (χ4v) is 2.55. The Labute approximate surface area is 127 Å². The van der Waals surface area contributed by atoms with Crippen molar-refractivity contribution in [2.75, 3.05) is 19.7 Å². The van der Waals surface area contributed by atoms with Gasteiger partial charge in [0.05, 0.1) is 0 Å². The Kier molecular flexibility index (Phi) is 5.41. The van der Waals surface area contributed by atoms with Gasteiger partial charge in [0, 0.05) is 24.2 Å². The van der Waals surface area contributed by atoms with Crippen LogP contribution in [0.25, 0.3) is 0 Å². The predicted molar refractivity (Wildman–Crippen MR) is 84.1 cm³/mol. The third-order valence-corrected chi connectivity index (χ3v) is 4.16. The Morgan fingerprint density at radius 2 is 2.19 bits per heavy atom. The van der Waals surface area contributed by atoms with Crippen LogP contribution in [0.4, 0.5) is 0 Å². The number of hydrogen-bond donors (Lipinski definition) is 1. The van der Waals surface area contributed by atoms with Gasteiger partial charge in [0.25, 0.3) is 5.91 Å². The highest BCUT2D eigenvalue weighted by molar-refractivity contribution is 5.94. The number of rotatable bonds is 4. The first kappa shape index (κ1) is 15.6. The summed E-state index contributed by atoms with van der Waals surface area (Å²) in [7, 11) is 0. The van der Waals surface area contributed by atoms with Gasteiger partial charge in [0.1, 0.15) is 6.61 Å². The zero-order chi connectivity index (χ0) is 15.2. The lowest BCUT2D eigenvalue weighted by molar-refractivity contribution is 0.0706. The van der Waals surface area contributed by atoms with Crippen LogP contribution in [0, 0.1) is 24.7 Å². The van der Waals surface area contributed by atoms with Crippen molar-refractivity contribution in [3.05, 3.63) is 34.9 Å². The van der Waals surface area contributed by atoms with Crippen molar-refractivity contribution in [1.29, 1.82) is 0 Å². The predicted octanol–water partition coefficient (Wildman–Crippen LogP) is 2.60. The summed E-state index contributed by atoms with van der Waals surface area (Å²) in [5.41, 5.74) is 2.52. The molecule has 3 nitrogen and oxygen atoms in total. The van der Waals surface area contributed by atoms with E-state index in [2.05, 4.69) is 11.8 Å². The molecule has 0 aromatic heterocycles. The highest BCUT2D eigenvalue weighted by Crippen LogP contribution is 2.27. The number of aliphatic hydroxyl groups is 1. The van der Waals surface area contributed by atoms with E-state index in [9.17, 15) is 4.79 Å². The van der Waals surface area contributed by atoms with Crippen molar-refractivity contribution in [3.63, 3.8) is 0 Å². The molecule has 1 amide bonds. The second-order valence-electron chi connectivity index (χ2n) is 5.63. The molecule has 112 valence electrons. The van der Waals surface area contributed by atoms with Gasteiger partial charge in [-0.3, -0.25) is 4.79 Å². The quantitative estimate of drug-likeness (QED) is 0.864. The molecule has 2 rings (SSSR count). The average Bonchev–Trinajstić information content (AvgIpc) is 2.45. The number of nitrogens with zero attached hydrogens (tertiary/aromatic N) is 1. The maximum absolute atomic E-state index is 12.6. The highest BCUT2D eigenvalue weighted by Gasteiger charge is 2.23. The maximum Gasteiger partial charge on any atom is 0.253 e. The normalized spacial score (nSPS) is 14.0. The molecule has 0 atom stereocenters. The first-order valence-electron chi connectivity index (χ1n) is 7.65. The first-order chi connectivity index (χ1) is 10.2. The smallest absolute Gasteiger partial charge is 0.253 e. The summed E-state index contributed by atoms with van der Waals surface area (Å²) in [6.07, 6.45) is 3.78. The number of amides is 1. The second-order valence-corrected chi connectivity index (χ2v) is 5.63. The van der Waals surface area contributed by atoms with E-state index in [1.54, 1.807) is 0 Å². The van der Waals surface area contributed by atoms with Gasteiger partial charge >= 0.3 is 0 Å². The number of carbonyl (C=O) groups is 1. The fourth-order valence-electron chi connectivity index (χ4n) is 2.55. The second kappa shape index (κ2) is 7.28. The number of aryl methyl sites for hydroxylation is 1. The summed E-state index contributed by atoms with van der Waals surface area (Å²) >= 11 is 0. The molecule has 1 fully saturated rings. The van der Waals surface area contributed by atoms with E-state index in [1.807, 2.05) is 36.9 Å². The lowest BCUT2D eigenvalue weighted by Crippen LogP contribution is -2.37. The molecule has 0 aliphatic heterocycles. The van der Waals surface area contributed by atoms with Gasteiger partial charge < -0.3 is 10.0 Å². The van der Waals surface area contributed by atoms with E-state index in [4.69, 9.17) is 5.11 Å². The van der Waals surface area contributed by atoms with E-state index in [1.165, 1.54) is 19.3 Å². The first-order valence-corrected chi connectivity index (χ1v) is 7.65. The van der Waals surface area contributed by atoms with E-state index in [0.29, 0.717) is 11.5 Å². The number of aliphatic hydroxyl groups excluding tert-OH is 1. The summed E-state index contributed by atoms with van der Waals surface area (Å²) in [4.78, 5) is 14.5. The van der Waals surface area contributed by atoms with Crippen molar-refractivity contribution in [1.82, 2.24) is 4.90 Å². The van der Waals surface area contributed by atoms with Crippen LogP contribution in [0.2, 0.25) is 0 Å². The zero-order valence-corrected chi connectivity index (χ0v) is 12.9. The molecule has 0 spiro atoms.